The summed E-state index contributed by atoms with van der Waals surface area (Å²) >= 11 is 7.29. The van der Waals surface area contributed by atoms with Gasteiger partial charge in [-0.05, 0) is 13.8 Å². The number of amides is 1. The molecule has 1 aromatic carbocycles. The number of nitrogens with zero attached hydrogens (tertiary/aromatic N) is 3. The summed E-state index contributed by atoms with van der Waals surface area (Å²) in [4.78, 5) is 17.2. The van der Waals surface area contributed by atoms with E-state index in [1.54, 1.807) is 18.4 Å². The van der Waals surface area contributed by atoms with Crippen LogP contribution < -0.4 is 5.32 Å². The summed E-state index contributed by atoms with van der Waals surface area (Å²) in [6.45, 7) is 3.56. The molecule has 22 heavy (non-hydrogen) atoms. The van der Waals surface area contributed by atoms with E-state index in [2.05, 4.69) is 15.4 Å². The molecule has 2 aromatic heterocycles. The second-order valence-corrected chi connectivity index (χ2v) is 6.69. The van der Waals surface area contributed by atoms with Gasteiger partial charge in [0.2, 0.25) is 16.8 Å². The third kappa shape index (κ3) is 2.71. The first-order chi connectivity index (χ1) is 10.5. The number of benzene rings is 1. The number of fused-ring (bicyclic) bond motifs is 1. The van der Waals surface area contributed by atoms with Gasteiger partial charge >= 0.3 is 0 Å². The van der Waals surface area contributed by atoms with Crippen LogP contribution in [0.25, 0.3) is 16.2 Å². The van der Waals surface area contributed by atoms with Crippen molar-refractivity contribution in [3.05, 3.63) is 35.7 Å². The molecule has 0 saturated carbocycles. The summed E-state index contributed by atoms with van der Waals surface area (Å²) in [5.41, 5.74) is 1.34. The van der Waals surface area contributed by atoms with Crippen LogP contribution in [0.15, 0.2) is 35.7 Å². The van der Waals surface area contributed by atoms with Crippen molar-refractivity contribution in [2.24, 2.45) is 5.41 Å². The highest BCUT2D eigenvalue weighted by Crippen LogP contribution is 2.26. The fourth-order valence-corrected chi connectivity index (χ4v) is 2.83. The van der Waals surface area contributed by atoms with Gasteiger partial charge in [-0.2, -0.15) is 4.98 Å². The molecule has 0 atom stereocenters. The average molecular weight is 335 g/mol. The van der Waals surface area contributed by atoms with Crippen LogP contribution in [0.1, 0.15) is 13.8 Å². The summed E-state index contributed by atoms with van der Waals surface area (Å²) in [6, 6.07) is 9.94. The maximum atomic E-state index is 12.1. The molecule has 3 rings (SSSR count). The number of aromatic nitrogens is 3. The van der Waals surface area contributed by atoms with E-state index >= 15 is 0 Å². The molecule has 0 saturated heterocycles. The van der Waals surface area contributed by atoms with E-state index in [0.29, 0.717) is 5.95 Å². The number of carbonyl (C=O) groups is 1. The molecule has 3 aromatic rings. The lowest BCUT2D eigenvalue weighted by atomic mass is 9.95. The minimum Gasteiger partial charge on any atom is -0.293 e. The number of carbonyl (C=O) groups excluding carboxylic acids is 1. The fraction of sp³-hybridized carbons (Fsp3) is 0.267. The maximum Gasteiger partial charge on any atom is 0.250 e. The van der Waals surface area contributed by atoms with Crippen LogP contribution >= 0.6 is 22.9 Å². The summed E-state index contributed by atoms with van der Waals surface area (Å²) in [5, 5.41) is 9.10. The van der Waals surface area contributed by atoms with E-state index in [9.17, 15) is 4.79 Å². The van der Waals surface area contributed by atoms with Crippen molar-refractivity contribution >= 4 is 39.8 Å². The fourth-order valence-electron chi connectivity index (χ4n) is 1.87. The molecule has 0 aliphatic heterocycles. The van der Waals surface area contributed by atoms with Gasteiger partial charge in [-0.1, -0.05) is 30.3 Å². The first-order valence-corrected chi connectivity index (χ1v) is 8.20. The second-order valence-electron chi connectivity index (χ2n) is 5.59. The standard InChI is InChI=1S/C15H15ClN4OS/c1-15(2,9-16)12(21)17-13-18-14-20(19-13)11(8-22-14)10-6-4-3-5-7-10/h3-8H,9H2,1-2H3,(H,17,19,21). The zero-order chi connectivity index (χ0) is 15.7. The summed E-state index contributed by atoms with van der Waals surface area (Å²) in [6.07, 6.45) is 0. The van der Waals surface area contributed by atoms with E-state index in [1.165, 1.54) is 11.3 Å². The van der Waals surface area contributed by atoms with Crippen LogP contribution in [0.3, 0.4) is 0 Å². The minimum absolute atomic E-state index is 0.193. The van der Waals surface area contributed by atoms with Crippen molar-refractivity contribution in [2.45, 2.75) is 13.8 Å². The molecule has 5 nitrogen and oxygen atoms in total. The molecule has 1 amide bonds. The van der Waals surface area contributed by atoms with Crippen molar-refractivity contribution in [1.82, 2.24) is 14.6 Å². The van der Waals surface area contributed by atoms with E-state index in [-0.39, 0.29) is 11.8 Å². The Morgan fingerprint density at radius 2 is 2.09 bits per heavy atom. The lowest BCUT2D eigenvalue weighted by Crippen LogP contribution is -2.32. The minimum atomic E-state index is -0.664. The van der Waals surface area contributed by atoms with Crippen molar-refractivity contribution in [1.29, 1.82) is 0 Å². The molecule has 0 aliphatic carbocycles. The van der Waals surface area contributed by atoms with Gasteiger partial charge in [-0.25, -0.2) is 4.52 Å². The van der Waals surface area contributed by atoms with Crippen LogP contribution in [-0.4, -0.2) is 26.4 Å². The van der Waals surface area contributed by atoms with Gasteiger partial charge in [0.25, 0.3) is 0 Å². The Balaban J connectivity index is 1.92. The Bertz CT molecular complexity index is 809. The number of nitrogens with one attached hydrogen (secondary N) is 1. The quantitative estimate of drug-likeness (QED) is 0.741. The molecule has 0 fully saturated rings. The molecule has 0 radical (unpaired) electrons. The predicted octanol–water partition coefficient (Wildman–Crippen LogP) is 3.66. The van der Waals surface area contributed by atoms with Crippen LogP contribution in [-0.2, 0) is 4.79 Å². The Hall–Kier alpha value is -1.92. The van der Waals surface area contributed by atoms with Gasteiger partial charge in [-0.15, -0.1) is 28.0 Å². The summed E-state index contributed by atoms with van der Waals surface area (Å²) < 4.78 is 1.74. The van der Waals surface area contributed by atoms with Gasteiger partial charge in [0.1, 0.15) is 0 Å². The lowest BCUT2D eigenvalue weighted by Gasteiger charge is -2.18. The Kier molecular flexibility index (Phi) is 3.88. The van der Waals surface area contributed by atoms with Crippen LogP contribution in [0.5, 0.6) is 0 Å². The molecular formula is C15H15ClN4OS. The highest BCUT2D eigenvalue weighted by atomic mass is 35.5. The topological polar surface area (TPSA) is 59.3 Å². The normalized spacial score (nSPS) is 11.8. The highest BCUT2D eigenvalue weighted by Gasteiger charge is 2.27. The average Bonchev–Trinajstić information content (AvgIpc) is 3.07. The SMILES string of the molecule is CC(C)(CCl)C(=O)Nc1nc2scc(-c3ccccc3)n2n1. The van der Waals surface area contributed by atoms with E-state index in [4.69, 9.17) is 11.6 Å². The molecule has 2 heterocycles. The predicted molar refractivity (Wildman–Crippen MR) is 89.4 cm³/mol. The van der Waals surface area contributed by atoms with E-state index in [1.807, 2.05) is 35.7 Å². The molecule has 0 spiro atoms. The summed E-state index contributed by atoms with van der Waals surface area (Å²) in [5.74, 6) is 0.338. The molecule has 0 aliphatic rings. The first-order valence-electron chi connectivity index (χ1n) is 6.78. The molecule has 0 unspecified atom stereocenters. The number of thiazole rings is 1. The van der Waals surface area contributed by atoms with Gasteiger partial charge in [0, 0.05) is 16.8 Å². The van der Waals surface area contributed by atoms with E-state index < -0.39 is 5.41 Å². The molecule has 0 bridgehead atoms. The molecule has 1 N–H and O–H groups in total. The second kappa shape index (κ2) is 5.70. The molecule has 114 valence electrons. The number of rotatable bonds is 4. The van der Waals surface area contributed by atoms with Crippen molar-refractivity contribution < 1.29 is 4.79 Å². The van der Waals surface area contributed by atoms with Gasteiger partial charge in [0.05, 0.1) is 11.1 Å². The highest BCUT2D eigenvalue weighted by molar-refractivity contribution is 7.15. The van der Waals surface area contributed by atoms with Gasteiger partial charge in [0.15, 0.2) is 0 Å². The smallest absolute Gasteiger partial charge is 0.250 e. The van der Waals surface area contributed by atoms with Crippen molar-refractivity contribution in [3.63, 3.8) is 0 Å². The number of alkyl halides is 1. The Morgan fingerprint density at radius 3 is 2.77 bits per heavy atom. The number of hydrogen-bond acceptors (Lipinski definition) is 4. The monoisotopic (exact) mass is 334 g/mol. The third-order valence-corrected chi connectivity index (χ3v) is 4.81. The number of hydrogen-bond donors (Lipinski definition) is 1. The Labute approximate surface area is 136 Å². The summed E-state index contributed by atoms with van der Waals surface area (Å²) in [7, 11) is 0. The van der Waals surface area contributed by atoms with Crippen molar-refractivity contribution in [2.75, 3.05) is 11.2 Å². The zero-order valence-electron chi connectivity index (χ0n) is 12.2. The van der Waals surface area contributed by atoms with Crippen LogP contribution in [0, 0.1) is 5.41 Å². The number of anilines is 1. The zero-order valence-corrected chi connectivity index (χ0v) is 13.8. The van der Waals surface area contributed by atoms with Crippen molar-refractivity contribution in [3.8, 4) is 11.3 Å². The van der Waals surface area contributed by atoms with Gasteiger partial charge < -0.3 is 0 Å². The third-order valence-electron chi connectivity index (χ3n) is 3.33. The largest absolute Gasteiger partial charge is 0.293 e. The van der Waals surface area contributed by atoms with E-state index in [0.717, 1.165) is 16.2 Å². The maximum absolute atomic E-state index is 12.1. The van der Waals surface area contributed by atoms with Crippen LogP contribution in [0.2, 0.25) is 0 Å². The molecule has 7 heteroatoms. The van der Waals surface area contributed by atoms with Gasteiger partial charge in [-0.3, -0.25) is 10.1 Å². The lowest BCUT2D eigenvalue weighted by molar-refractivity contribution is -0.123. The molecular weight excluding hydrogens is 320 g/mol. The Morgan fingerprint density at radius 1 is 1.36 bits per heavy atom. The van der Waals surface area contributed by atoms with Crippen LogP contribution in [0.4, 0.5) is 5.95 Å². The number of halogens is 1. The first kappa shape index (κ1) is 15.0.